The van der Waals surface area contributed by atoms with E-state index in [1.54, 1.807) is 11.8 Å². The number of amides is 1. The Kier molecular flexibility index (Phi) is 6.25. The van der Waals surface area contributed by atoms with Crippen molar-refractivity contribution >= 4 is 23.4 Å². The first-order valence-electron chi connectivity index (χ1n) is 9.36. The molecule has 1 fully saturated rings. The molecule has 3 nitrogen and oxygen atoms in total. The quantitative estimate of drug-likeness (QED) is 0.785. The van der Waals surface area contributed by atoms with Crippen LogP contribution in [0, 0.1) is 13.8 Å². The Bertz CT molecular complexity index is 736. The predicted molar refractivity (Wildman–Crippen MR) is 111 cm³/mol. The van der Waals surface area contributed by atoms with Crippen molar-refractivity contribution in [3.63, 3.8) is 0 Å². The summed E-state index contributed by atoms with van der Waals surface area (Å²) in [7, 11) is 0. The zero-order valence-electron chi connectivity index (χ0n) is 15.9. The lowest BCUT2D eigenvalue weighted by Crippen LogP contribution is -2.46. The van der Waals surface area contributed by atoms with Crippen molar-refractivity contribution in [1.82, 2.24) is 5.32 Å². The fourth-order valence-corrected chi connectivity index (χ4v) is 4.18. The van der Waals surface area contributed by atoms with Crippen molar-refractivity contribution in [3.8, 4) is 0 Å². The molecule has 0 aliphatic carbocycles. The van der Waals surface area contributed by atoms with Crippen molar-refractivity contribution in [3.05, 3.63) is 59.7 Å². The van der Waals surface area contributed by atoms with E-state index in [1.807, 2.05) is 6.92 Å². The van der Waals surface area contributed by atoms with Crippen LogP contribution in [0.2, 0.25) is 0 Å². The van der Waals surface area contributed by atoms with E-state index in [9.17, 15) is 4.79 Å². The number of hydrogen-bond acceptors (Lipinski definition) is 3. The summed E-state index contributed by atoms with van der Waals surface area (Å²) in [6, 6.07) is 17.3. The third-order valence-electron chi connectivity index (χ3n) is 4.91. The third-order valence-corrected chi connectivity index (χ3v) is 6.02. The van der Waals surface area contributed by atoms with Gasteiger partial charge in [0.2, 0.25) is 5.91 Å². The molecule has 26 heavy (non-hydrogen) atoms. The summed E-state index contributed by atoms with van der Waals surface area (Å²) in [6.45, 7) is 8.18. The van der Waals surface area contributed by atoms with Crippen LogP contribution in [0.25, 0.3) is 0 Å². The molecule has 1 saturated heterocycles. The molecule has 3 rings (SSSR count). The van der Waals surface area contributed by atoms with Crippen LogP contribution < -0.4 is 10.2 Å². The minimum absolute atomic E-state index is 0.0764. The maximum atomic E-state index is 12.5. The molecule has 138 valence electrons. The van der Waals surface area contributed by atoms with Crippen molar-refractivity contribution in [1.29, 1.82) is 0 Å². The van der Waals surface area contributed by atoms with Crippen molar-refractivity contribution in [2.45, 2.75) is 49.8 Å². The van der Waals surface area contributed by atoms with Gasteiger partial charge in [0.25, 0.3) is 0 Å². The lowest BCUT2D eigenvalue weighted by Gasteiger charge is -2.34. The molecule has 1 N–H and O–H groups in total. The van der Waals surface area contributed by atoms with Crippen molar-refractivity contribution in [2.75, 3.05) is 18.0 Å². The van der Waals surface area contributed by atoms with Crippen LogP contribution in [-0.2, 0) is 4.79 Å². The highest BCUT2D eigenvalue weighted by atomic mass is 32.2. The number of thioether (sulfide) groups is 1. The van der Waals surface area contributed by atoms with Crippen LogP contribution in [0.4, 0.5) is 5.69 Å². The van der Waals surface area contributed by atoms with E-state index in [1.165, 1.54) is 16.8 Å². The first kappa shape index (κ1) is 18.8. The van der Waals surface area contributed by atoms with Gasteiger partial charge in [-0.1, -0.05) is 29.8 Å². The SMILES string of the molecule is Cc1ccc(SC(C)C(=O)NC2CCN(c3cccc(C)c3)CC2)cc1. The monoisotopic (exact) mass is 368 g/mol. The number of nitrogens with zero attached hydrogens (tertiary/aromatic N) is 1. The molecular formula is C22H28N2OS. The first-order chi connectivity index (χ1) is 12.5. The second-order valence-electron chi connectivity index (χ2n) is 7.18. The molecule has 1 unspecified atom stereocenters. The molecule has 2 aromatic rings. The van der Waals surface area contributed by atoms with E-state index in [2.05, 4.69) is 72.6 Å². The number of carbonyl (C=O) groups excluding carboxylic acids is 1. The molecule has 0 aromatic heterocycles. The van der Waals surface area contributed by atoms with Gasteiger partial charge in [0.15, 0.2) is 0 Å². The van der Waals surface area contributed by atoms with Crippen molar-refractivity contribution in [2.24, 2.45) is 0 Å². The number of piperidine rings is 1. The Morgan fingerprint density at radius 3 is 2.42 bits per heavy atom. The van der Waals surface area contributed by atoms with Crippen LogP contribution in [0.15, 0.2) is 53.4 Å². The van der Waals surface area contributed by atoms with Gasteiger partial charge in [-0.05, 0) is 63.4 Å². The summed E-state index contributed by atoms with van der Waals surface area (Å²) in [5.74, 6) is 0.143. The normalized spacial score (nSPS) is 16.3. The third kappa shape index (κ3) is 5.04. The number of anilines is 1. The van der Waals surface area contributed by atoms with Gasteiger partial charge < -0.3 is 10.2 Å². The zero-order valence-corrected chi connectivity index (χ0v) is 16.7. The van der Waals surface area contributed by atoms with Gasteiger partial charge in [0.05, 0.1) is 5.25 Å². The molecule has 4 heteroatoms. The Balaban J connectivity index is 1.47. The highest BCUT2D eigenvalue weighted by Gasteiger charge is 2.23. The fourth-order valence-electron chi connectivity index (χ4n) is 3.30. The van der Waals surface area contributed by atoms with E-state index >= 15 is 0 Å². The molecular weight excluding hydrogens is 340 g/mol. The van der Waals surface area contributed by atoms with E-state index in [0.29, 0.717) is 0 Å². The van der Waals surface area contributed by atoms with E-state index in [0.717, 1.165) is 30.8 Å². The number of hydrogen-bond donors (Lipinski definition) is 1. The predicted octanol–water partition coefficient (Wildman–Crippen LogP) is 4.57. The number of aryl methyl sites for hydroxylation is 2. The zero-order chi connectivity index (χ0) is 18.5. The Morgan fingerprint density at radius 1 is 1.08 bits per heavy atom. The van der Waals surface area contributed by atoms with Gasteiger partial charge in [-0.25, -0.2) is 0 Å². The standard InChI is InChI=1S/C22H28N2OS/c1-16-7-9-21(10-8-16)26-18(3)22(25)23-19-11-13-24(14-12-19)20-6-4-5-17(2)15-20/h4-10,15,18-19H,11-14H2,1-3H3,(H,23,25). The topological polar surface area (TPSA) is 32.3 Å². The lowest BCUT2D eigenvalue weighted by molar-refractivity contribution is -0.121. The molecule has 1 atom stereocenters. The second kappa shape index (κ2) is 8.63. The van der Waals surface area contributed by atoms with Gasteiger partial charge in [-0.15, -0.1) is 11.8 Å². The van der Waals surface area contributed by atoms with E-state index in [-0.39, 0.29) is 17.2 Å². The van der Waals surface area contributed by atoms with Gasteiger partial charge in [-0.2, -0.15) is 0 Å². The van der Waals surface area contributed by atoms with Crippen LogP contribution >= 0.6 is 11.8 Å². The average molecular weight is 369 g/mol. The average Bonchev–Trinajstić information content (AvgIpc) is 2.64. The summed E-state index contributed by atoms with van der Waals surface area (Å²) in [6.07, 6.45) is 2.00. The molecule has 0 saturated carbocycles. The van der Waals surface area contributed by atoms with E-state index in [4.69, 9.17) is 0 Å². The second-order valence-corrected chi connectivity index (χ2v) is 8.60. The van der Waals surface area contributed by atoms with Crippen LogP contribution in [0.1, 0.15) is 30.9 Å². The molecule has 0 bridgehead atoms. The molecule has 0 spiro atoms. The number of rotatable bonds is 5. The summed E-state index contributed by atoms with van der Waals surface area (Å²) < 4.78 is 0. The fraction of sp³-hybridized carbons (Fsp3) is 0.409. The van der Waals surface area contributed by atoms with Gasteiger partial charge in [0, 0.05) is 29.7 Å². The summed E-state index contributed by atoms with van der Waals surface area (Å²) in [5.41, 5.74) is 3.82. The Morgan fingerprint density at radius 2 is 1.77 bits per heavy atom. The van der Waals surface area contributed by atoms with Crippen molar-refractivity contribution < 1.29 is 4.79 Å². The first-order valence-corrected chi connectivity index (χ1v) is 10.2. The van der Waals surface area contributed by atoms with Crippen LogP contribution in [-0.4, -0.2) is 30.3 Å². The van der Waals surface area contributed by atoms with Crippen LogP contribution in [0.5, 0.6) is 0 Å². The maximum Gasteiger partial charge on any atom is 0.233 e. The number of nitrogens with one attached hydrogen (secondary N) is 1. The molecule has 1 heterocycles. The molecule has 2 aromatic carbocycles. The summed E-state index contributed by atoms with van der Waals surface area (Å²) in [4.78, 5) is 16.1. The lowest BCUT2D eigenvalue weighted by atomic mass is 10.0. The highest BCUT2D eigenvalue weighted by molar-refractivity contribution is 8.00. The smallest absolute Gasteiger partial charge is 0.233 e. The number of benzene rings is 2. The molecule has 1 amide bonds. The Hall–Kier alpha value is -1.94. The Labute approximate surface area is 161 Å². The molecule has 0 radical (unpaired) electrons. The minimum atomic E-state index is -0.0764. The summed E-state index contributed by atoms with van der Waals surface area (Å²) >= 11 is 1.63. The molecule has 1 aliphatic rings. The van der Waals surface area contributed by atoms with E-state index < -0.39 is 0 Å². The summed E-state index contributed by atoms with van der Waals surface area (Å²) in [5, 5.41) is 3.17. The largest absolute Gasteiger partial charge is 0.371 e. The number of carbonyl (C=O) groups is 1. The van der Waals surface area contributed by atoms with Gasteiger partial charge in [0.1, 0.15) is 0 Å². The van der Waals surface area contributed by atoms with Crippen LogP contribution in [0.3, 0.4) is 0 Å². The maximum absolute atomic E-state index is 12.5. The van der Waals surface area contributed by atoms with Gasteiger partial charge >= 0.3 is 0 Å². The minimum Gasteiger partial charge on any atom is -0.371 e. The highest BCUT2D eigenvalue weighted by Crippen LogP contribution is 2.25. The van der Waals surface area contributed by atoms with Gasteiger partial charge in [-0.3, -0.25) is 4.79 Å². The molecule has 1 aliphatic heterocycles.